The second-order valence-electron chi connectivity index (χ2n) is 7.63. The van der Waals surface area contributed by atoms with Crippen molar-refractivity contribution in [3.8, 4) is 0 Å². The van der Waals surface area contributed by atoms with Crippen molar-refractivity contribution in [3.63, 3.8) is 0 Å². The molecule has 9 heteroatoms. The monoisotopic (exact) mass is 389 g/mol. The van der Waals surface area contributed by atoms with Crippen LogP contribution in [0.3, 0.4) is 0 Å². The number of hydrogen-bond acceptors (Lipinski definition) is 5. The van der Waals surface area contributed by atoms with E-state index in [2.05, 4.69) is 12.3 Å². The highest BCUT2D eigenvalue weighted by molar-refractivity contribution is 6.35. The molecule has 0 aromatic heterocycles. The number of carbonyl (C=O) groups is 3. The van der Waals surface area contributed by atoms with Crippen LogP contribution < -0.4 is 10.3 Å². The van der Waals surface area contributed by atoms with Crippen molar-refractivity contribution in [2.75, 3.05) is 37.6 Å². The van der Waals surface area contributed by atoms with E-state index in [1.807, 2.05) is 4.90 Å². The minimum atomic E-state index is -0.726. The van der Waals surface area contributed by atoms with Gasteiger partial charge in [0, 0.05) is 31.9 Å². The number of nitrogens with one attached hydrogen (secondary N) is 1. The Morgan fingerprint density at radius 2 is 1.68 bits per heavy atom. The molecule has 3 saturated heterocycles. The zero-order chi connectivity index (χ0) is 19.8. The van der Waals surface area contributed by atoms with Crippen LogP contribution in [0.2, 0.25) is 0 Å². The van der Waals surface area contributed by atoms with Crippen molar-refractivity contribution in [2.45, 2.75) is 26.1 Å². The maximum atomic E-state index is 13.2. The molecule has 0 radical (unpaired) electrons. The summed E-state index contributed by atoms with van der Waals surface area (Å²) in [5.41, 5.74) is 3.75. The first-order valence-corrected chi connectivity index (χ1v) is 9.62. The van der Waals surface area contributed by atoms with Gasteiger partial charge in [-0.2, -0.15) is 5.43 Å². The Kier molecular flexibility index (Phi) is 4.92. The summed E-state index contributed by atoms with van der Waals surface area (Å²) in [6, 6.07) is 5.97. The van der Waals surface area contributed by atoms with Crippen LogP contribution in [-0.4, -0.2) is 71.5 Å². The Labute approximate surface area is 162 Å². The molecule has 150 valence electrons. The van der Waals surface area contributed by atoms with Gasteiger partial charge in [0.15, 0.2) is 6.29 Å². The molecule has 3 heterocycles. The molecule has 1 N–H and O–H groups in total. The largest absolute Gasteiger partial charge is 0.341 e. The van der Waals surface area contributed by atoms with Gasteiger partial charge in [0.25, 0.3) is 0 Å². The average Bonchev–Trinajstić information content (AvgIpc) is 3.11. The van der Waals surface area contributed by atoms with Gasteiger partial charge in [0.1, 0.15) is 12.4 Å². The molecule has 0 bridgehead atoms. The van der Waals surface area contributed by atoms with Crippen LogP contribution in [0.5, 0.6) is 0 Å². The molecule has 0 spiro atoms. The van der Waals surface area contributed by atoms with E-state index in [1.165, 1.54) is 17.0 Å². The predicted molar refractivity (Wildman–Crippen MR) is 99.1 cm³/mol. The lowest BCUT2D eigenvalue weighted by Gasteiger charge is -2.41. The second kappa shape index (κ2) is 7.38. The standard InChI is InChI=1S/C19H24FN5O3/c1-13-6-8-22(9-7-13)16(26)12-25-18(28)17(27)24-11-10-23(19(24)21-25)15-4-2-14(20)3-5-15/h2-5,13,19,21H,6-12H2,1H3. The SMILES string of the molecule is CC1CCN(C(=O)CN2NC3N(CCN3c3ccc(F)cc3)C(=O)C2=O)CC1. The second-order valence-corrected chi connectivity index (χ2v) is 7.63. The summed E-state index contributed by atoms with van der Waals surface area (Å²) in [6.45, 7) is 4.22. The van der Waals surface area contributed by atoms with E-state index in [0.717, 1.165) is 23.5 Å². The highest BCUT2D eigenvalue weighted by Gasteiger charge is 2.46. The van der Waals surface area contributed by atoms with E-state index in [1.54, 1.807) is 17.0 Å². The maximum absolute atomic E-state index is 13.2. The lowest BCUT2D eigenvalue weighted by molar-refractivity contribution is -0.164. The molecule has 4 rings (SSSR count). The number of fused-ring (bicyclic) bond motifs is 1. The molecule has 3 fully saturated rings. The van der Waals surface area contributed by atoms with Crippen molar-refractivity contribution in [1.82, 2.24) is 20.2 Å². The Morgan fingerprint density at radius 3 is 2.36 bits per heavy atom. The summed E-state index contributed by atoms with van der Waals surface area (Å²) in [5.74, 6) is -1.27. The number of piperidine rings is 1. The molecule has 3 aliphatic heterocycles. The van der Waals surface area contributed by atoms with E-state index < -0.39 is 18.1 Å². The molecular formula is C19H24FN5O3. The van der Waals surface area contributed by atoms with Crippen LogP contribution >= 0.6 is 0 Å². The minimum absolute atomic E-state index is 0.166. The number of carbonyl (C=O) groups excluding carboxylic acids is 3. The van der Waals surface area contributed by atoms with E-state index in [0.29, 0.717) is 32.1 Å². The number of halogens is 1. The lowest BCUT2D eigenvalue weighted by Crippen LogP contribution is -2.68. The average molecular weight is 389 g/mol. The third-order valence-electron chi connectivity index (χ3n) is 5.72. The van der Waals surface area contributed by atoms with Gasteiger partial charge in [0.05, 0.1) is 0 Å². The van der Waals surface area contributed by atoms with Crippen molar-refractivity contribution >= 4 is 23.4 Å². The molecule has 0 saturated carbocycles. The normalized spacial score (nSPS) is 23.4. The highest BCUT2D eigenvalue weighted by atomic mass is 19.1. The van der Waals surface area contributed by atoms with Crippen LogP contribution in [0.4, 0.5) is 10.1 Å². The van der Waals surface area contributed by atoms with Crippen molar-refractivity contribution in [2.24, 2.45) is 5.92 Å². The zero-order valence-electron chi connectivity index (χ0n) is 15.8. The van der Waals surface area contributed by atoms with E-state index in [9.17, 15) is 18.8 Å². The maximum Gasteiger partial charge on any atom is 0.326 e. The third-order valence-corrected chi connectivity index (χ3v) is 5.72. The Morgan fingerprint density at radius 1 is 1.04 bits per heavy atom. The molecule has 3 amide bonds. The molecule has 1 aromatic carbocycles. The molecule has 3 aliphatic rings. The van der Waals surface area contributed by atoms with Gasteiger partial charge in [-0.1, -0.05) is 6.92 Å². The first-order valence-electron chi connectivity index (χ1n) is 9.62. The molecule has 1 aromatic rings. The van der Waals surface area contributed by atoms with E-state index in [-0.39, 0.29) is 18.3 Å². The van der Waals surface area contributed by atoms with Crippen LogP contribution in [0, 0.1) is 11.7 Å². The third kappa shape index (κ3) is 3.42. The van der Waals surface area contributed by atoms with Gasteiger partial charge in [-0.15, -0.1) is 0 Å². The number of amides is 3. The van der Waals surface area contributed by atoms with Gasteiger partial charge in [-0.25, -0.2) is 4.39 Å². The number of hydrogen-bond donors (Lipinski definition) is 1. The van der Waals surface area contributed by atoms with Gasteiger partial charge < -0.3 is 9.80 Å². The summed E-state index contributed by atoms with van der Waals surface area (Å²) in [4.78, 5) is 42.7. The Bertz CT molecular complexity index is 778. The van der Waals surface area contributed by atoms with Gasteiger partial charge in [-0.05, 0) is 43.0 Å². The first-order chi connectivity index (χ1) is 13.4. The number of likely N-dealkylation sites (tertiary alicyclic amines) is 1. The quantitative estimate of drug-likeness (QED) is 0.756. The van der Waals surface area contributed by atoms with Gasteiger partial charge >= 0.3 is 11.8 Å². The van der Waals surface area contributed by atoms with Crippen molar-refractivity contribution in [3.05, 3.63) is 30.1 Å². The van der Waals surface area contributed by atoms with Gasteiger partial charge in [0.2, 0.25) is 5.91 Å². The molecule has 8 nitrogen and oxygen atoms in total. The summed E-state index contributed by atoms with van der Waals surface area (Å²) in [5, 5.41) is 1.12. The lowest BCUT2D eigenvalue weighted by atomic mass is 9.99. The minimum Gasteiger partial charge on any atom is -0.341 e. The summed E-state index contributed by atoms with van der Waals surface area (Å²) in [6.07, 6.45) is 1.31. The molecule has 1 unspecified atom stereocenters. The fourth-order valence-corrected chi connectivity index (χ4v) is 3.93. The van der Waals surface area contributed by atoms with Crippen molar-refractivity contribution < 1.29 is 18.8 Å². The number of hydrazine groups is 1. The smallest absolute Gasteiger partial charge is 0.326 e. The van der Waals surface area contributed by atoms with Crippen LogP contribution in [0.1, 0.15) is 19.8 Å². The fourth-order valence-electron chi connectivity index (χ4n) is 3.93. The molecule has 28 heavy (non-hydrogen) atoms. The van der Waals surface area contributed by atoms with E-state index >= 15 is 0 Å². The Balaban J connectivity index is 1.47. The summed E-state index contributed by atoms with van der Waals surface area (Å²) < 4.78 is 13.2. The van der Waals surface area contributed by atoms with Gasteiger partial charge in [-0.3, -0.25) is 24.3 Å². The molecule has 1 atom stereocenters. The molecule has 0 aliphatic carbocycles. The highest BCUT2D eigenvalue weighted by Crippen LogP contribution is 2.25. The predicted octanol–water partition coefficient (Wildman–Crippen LogP) is 0.363. The number of anilines is 1. The van der Waals surface area contributed by atoms with Crippen LogP contribution in [0.15, 0.2) is 24.3 Å². The van der Waals surface area contributed by atoms with Crippen LogP contribution in [-0.2, 0) is 14.4 Å². The zero-order valence-corrected chi connectivity index (χ0v) is 15.8. The summed E-state index contributed by atoms with van der Waals surface area (Å²) >= 11 is 0. The first kappa shape index (κ1) is 18.7. The number of benzene rings is 1. The molecular weight excluding hydrogens is 365 g/mol. The topological polar surface area (TPSA) is 76.2 Å². The number of rotatable bonds is 3. The van der Waals surface area contributed by atoms with Crippen molar-refractivity contribution in [1.29, 1.82) is 0 Å². The number of nitrogens with zero attached hydrogens (tertiary/aromatic N) is 4. The van der Waals surface area contributed by atoms with E-state index in [4.69, 9.17) is 0 Å². The fraction of sp³-hybridized carbons (Fsp3) is 0.526. The summed E-state index contributed by atoms with van der Waals surface area (Å²) in [7, 11) is 0. The van der Waals surface area contributed by atoms with Crippen LogP contribution in [0.25, 0.3) is 0 Å². The Hall–Kier alpha value is -2.68.